The van der Waals surface area contributed by atoms with Crippen LogP contribution in [0.2, 0.25) is 0 Å². The van der Waals surface area contributed by atoms with Crippen LogP contribution >= 0.6 is 49.6 Å². The van der Waals surface area contributed by atoms with Crippen LogP contribution in [0.25, 0.3) is 10.9 Å². The van der Waals surface area contributed by atoms with Gasteiger partial charge in [-0.05, 0) is 107 Å². The summed E-state index contributed by atoms with van der Waals surface area (Å²) in [5, 5.41) is 17.3. The van der Waals surface area contributed by atoms with Gasteiger partial charge in [0.1, 0.15) is 19.2 Å². The van der Waals surface area contributed by atoms with Crippen LogP contribution in [0, 0.1) is 17.8 Å². The lowest BCUT2D eigenvalue weighted by atomic mass is 10.0. The Bertz CT molecular complexity index is 2340. The minimum Gasteiger partial charge on any atom is -0.461 e. The minimum absolute atomic E-state index is 0.000466. The summed E-state index contributed by atoms with van der Waals surface area (Å²) in [5.41, 5.74) is 8.98. The predicted octanol–water partition coefficient (Wildman–Crippen LogP) is 10.7. The second-order valence-corrected chi connectivity index (χ2v) is 24.3. The van der Waals surface area contributed by atoms with Crippen LogP contribution in [-0.2, 0) is 39.3 Å². The van der Waals surface area contributed by atoms with E-state index in [4.69, 9.17) is 4.74 Å². The molecule has 2 heterocycles. The number of aldehydes is 2. The van der Waals surface area contributed by atoms with E-state index < -0.39 is 17.4 Å². The third kappa shape index (κ3) is 50.7. The summed E-state index contributed by atoms with van der Waals surface area (Å²) in [4.78, 5) is 91.2. The fraction of sp³-hybridized carbons (Fsp3) is 0.657. The molecule has 4 rings (SSSR count). The molecule has 0 radical (unpaired) electrons. The van der Waals surface area contributed by atoms with E-state index >= 15 is 0 Å². The van der Waals surface area contributed by atoms with Crippen molar-refractivity contribution in [3.8, 4) is 6.01 Å². The number of carbonyl (C=O) groups is 7. The molecule has 19 nitrogen and oxygen atoms in total. The van der Waals surface area contributed by atoms with Crippen molar-refractivity contribution in [2.24, 2.45) is 23.5 Å². The van der Waals surface area contributed by atoms with Gasteiger partial charge in [0.05, 0.1) is 53.3 Å². The third-order valence-corrected chi connectivity index (χ3v) is 14.0. The summed E-state index contributed by atoms with van der Waals surface area (Å²) < 4.78 is 5.32. The highest BCUT2D eigenvalue weighted by Gasteiger charge is 2.34. The Labute approximate surface area is 566 Å². The van der Waals surface area contributed by atoms with Gasteiger partial charge in [0.25, 0.3) is 0 Å². The first kappa shape index (κ1) is 96.2. The van der Waals surface area contributed by atoms with Gasteiger partial charge in [-0.3, -0.25) is 28.9 Å². The molecule has 3 aromatic rings. The lowest BCUT2D eigenvalue weighted by Crippen LogP contribution is -2.44. The second kappa shape index (κ2) is 60.3. The van der Waals surface area contributed by atoms with Gasteiger partial charge in [-0.25, -0.2) is 4.98 Å². The first-order chi connectivity index (χ1) is 42.2. The number of rotatable bonds is 25. The van der Waals surface area contributed by atoms with Gasteiger partial charge in [0.2, 0.25) is 29.5 Å². The molecule has 90 heavy (non-hydrogen) atoms. The lowest BCUT2D eigenvalue weighted by Gasteiger charge is -2.35. The Kier molecular flexibility index (Phi) is 64.5. The molecule has 6 N–H and O–H groups in total. The van der Waals surface area contributed by atoms with E-state index in [9.17, 15) is 38.7 Å². The van der Waals surface area contributed by atoms with Crippen molar-refractivity contribution in [1.82, 2.24) is 40.6 Å². The quantitative estimate of drug-likeness (QED) is 0.0170. The standard InChI is InChI=1S/C21H28N4O5S2.C14H19NS.C11H23NO.C5H12N2O.2C4H10.C3H7NO.C2H5NO.C2H6.CH4S/c1-13(27)10-30-21-22-9-16-8-15(4-5-17(16)23-21)11-32-12-18(28)24-19(31)14(2)20(29)25(3)6-7-26;1-4-14(2,3)15-9-11(10-16)12-7-5-6-8-13(12)15;1-5-6-7-12(4)11(9-13)8-10(2)3;1-6-4-5(8)7(2)3;1-4(2)3;1-3-4-2;1-3(5)4-2;1-2(3)4;2*1-2/h4-5,7-9,13-14,19,27,31H,6,10-12H2,1-3H3,(H,24,28);4-8,11,16H,1,9-10H2,2-3H3;9-11H,5-8H2,1-4H3;6H,4H2,1-3H3;4H,1-3H3;3-4H2,1-2H3;1-2H3,(H,4,5);1H3,(H2,3,4);1-2H3;2H,1H3/t13?,14-,19?;;11-;;;;;;;/m1.0......./s1. The number of unbranched alkanes of at least 4 members (excludes halogenated alkanes) is 2. The number of primary amides is 1. The number of hydrogen-bond donors (Lipinski definition) is 8. The first-order valence-corrected chi connectivity index (χ1v) is 34.3. The van der Waals surface area contributed by atoms with Crippen molar-refractivity contribution in [3.05, 3.63) is 72.4 Å². The second-order valence-electron chi connectivity index (χ2n) is 22.4. The third-order valence-electron chi connectivity index (χ3n) is 11.9. The van der Waals surface area contributed by atoms with Crippen molar-refractivity contribution in [1.29, 1.82) is 0 Å². The van der Waals surface area contributed by atoms with Gasteiger partial charge >= 0.3 is 6.01 Å². The summed E-state index contributed by atoms with van der Waals surface area (Å²) in [6.45, 7) is 38.4. The van der Waals surface area contributed by atoms with Crippen LogP contribution in [0.4, 0.5) is 5.69 Å². The highest BCUT2D eigenvalue weighted by molar-refractivity contribution is 7.99. The number of aliphatic hydroxyl groups is 1. The van der Waals surface area contributed by atoms with Crippen LogP contribution < -0.4 is 31.3 Å². The molecule has 0 bridgehead atoms. The Morgan fingerprint density at radius 3 is 1.90 bits per heavy atom. The number of aliphatic hydroxyl groups excluding tert-OH is 1. The molecule has 0 spiro atoms. The molecular formula is C67H124N10O9S4. The summed E-state index contributed by atoms with van der Waals surface area (Å²) >= 11 is 13.7. The molecule has 5 amide bonds. The van der Waals surface area contributed by atoms with Crippen molar-refractivity contribution in [2.45, 2.75) is 178 Å². The van der Waals surface area contributed by atoms with Crippen LogP contribution in [0.1, 0.15) is 160 Å². The minimum atomic E-state index is -0.646. The maximum atomic E-state index is 12.2. The van der Waals surface area contributed by atoms with E-state index in [2.05, 4.69) is 179 Å². The number of nitrogens with zero attached hydrogens (tertiary/aromatic N) is 6. The van der Waals surface area contributed by atoms with Gasteiger partial charge < -0.3 is 55.8 Å². The molecule has 0 saturated heterocycles. The summed E-state index contributed by atoms with van der Waals surface area (Å²) in [6, 6.07) is 14.7. The average Bonchev–Trinajstić information content (AvgIpc) is 1.70. The number of para-hydroxylation sites is 1. The number of amides is 5. The van der Waals surface area contributed by atoms with Gasteiger partial charge in [0, 0.05) is 77.5 Å². The highest BCUT2D eigenvalue weighted by Crippen LogP contribution is 2.40. The number of likely N-dealkylation sites (N-methyl/N-ethyl adjacent to an activating group) is 4. The number of thiol groups is 3. The number of aromatic nitrogens is 2. The van der Waals surface area contributed by atoms with Crippen LogP contribution in [0.15, 0.2) is 61.3 Å². The zero-order valence-corrected chi connectivity index (χ0v) is 63.0. The topological polar surface area (TPSA) is 250 Å². The SMILES string of the molecule is C=CC(C)(C)N1CC(CS)c2ccccc21.CC.CC(C)C.CC(N)=O.CC(O)COc1ncc2cc(CSCC(=O)NC(S)[C@@H](C)C(=O)N(C)CC=O)ccc2n1.CCCC.CCCCN(C)[C@H](C=O)CC(C)C.CNC(C)=O.CNCC(=O)N(C)C.CS. The lowest BCUT2D eigenvalue weighted by molar-refractivity contribution is -0.135. The molecule has 520 valence electrons. The van der Waals surface area contributed by atoms with Crippen molar-refractivity contribution in [3.63, 3.8) is 0 Å². The van der Waals surface area contributed by atoms with Gasteiger partial charge in [-0.1, -0.05) is 126 Å². The Balaban J connectivity index is -0.000000255. The first-order valence-electron chi connectivity index (χ1n) is 31.1. The maximum Gasteiger partial charge on any atom is 0.317 e. The molecule has 1 aromatic heterocycles. The normalized spacial score (nSPS) is 12.7. The summed E-state index contributed by atoms with van der Waals surface area (Å²) in [5.74, 6) is 2.42. The number of ether oxygens (including phenoxy) is 1. The largest absolute Gasteiger partial charge is 0.461 e. The van der Waals surface area contributed by atoms with Crippen LogP contribution in [0.3, 0.4) is 0 Å². The number of hydrogen-bond acceptors (Lipinski definition) is 18. The van der Waals surface area contributed by atoms with Gasteiger partial charge in [0.15, 0.2) is 0 Å². The maximum absolute atomic E-state index is 12.2. The Morgan fingerprint density at radius 1 is 0.933 bits per heavy atom. The number of fused-ring (bicyclic) bond motifs is 2. The van der Waals surface area contributed by atoms with Gasteiger partial charge in [-0.15, -0.1) is 18.3 Å². The number of thioether (sulfide) groups is 1. The number of benzene rings is 2. The van der Waals surface area contributed by atoms with E-state index in [-0.39, 0.29) is 66.0 Å². The molecule has 5 atom stereocenters. The average molecular weight is 1340 g/mol. The molecule has 0 fully saturated rings. The molecule has 0 aliphatic carbocycles. The molecule has 3 unspecified atom stereocenters. The van der Waals surface area contributed by atoms with Crippen LogP contribution in [-0.4, -0.2) is 188 Å². The monoisotopic (exact) mass is 1340 g/mol. The van der Waals surface area contributed by atoms with E-state index in [1.165, 1.54) is 74.5 Å². The molecule has 0 saturated carbocycles. The Hall–Kier alpha value is -4.91. The highest BCUT2D eigenvalue weighted by atomic mass is 32.2. The zero-order valence-electron chi connectivity index (χ0n) is 59.5. The molecule has 23 heteroatoms. The van der Waals surface area contributed by atoms with E-state index in [1.807, 2.05) is 45.2 Å². The van der Waals surface area contributed by atoms with E-state index in [0.29, 0.717) is 30.4 Å². The van der Waals surface area contributed by atoms with E-state index in [0.717, 1.165) is 53.9 Å². The number of carbonyl (C=O) groups excluding carboxylic acids is 7. The smallest absolute Gasteiger partial charge is 0.317 e. The number of nitrogens with two attached hydrogens (primary N) is 1. The van der Waals surface area contributed by atoms with E-state index in [1.54, 1.807) is 59.4 Å². The molecule has 2 aromatic carbocycles. The van der Waals surface area contributed by atoms with Crippen molar-refractivity contribution < 1.29 is 43.4 Å². The van der Waals surface area contributed by atoms with Crippen molar-refractivity contribution in [2.75, 3.05) is 97.7 Å². The molecular weight excluding hydrogens is 1220 g/mol. The fourth-order valence-electron chi connectivity index (χ4n) is 6.71. The summed E-state index contributed by atoms with van der Waals surface area (Å²) in [6.07, 6.45) is 12.5. The predicted molar refractivity (Wildman–Crippen MR) is 393 cm³/mol. The van der Waals surface area contributed by atoms with Crippen LogP contribution in [0.5, 0.6) is 6.01 Å². The van der Waals surface area contributed by atoms with Crippen molar-refractivity contribution >= 4 is 108 Å². The Morgan fingerprint density at radius 2 is 1.48 bits per heavy atom. The van der Waals surface area contributed by atoms with Gasteiger partial charge in [-0.2, -0.15) is 42.9 Å². The molecule has 1 aliphatic heterocycles. The zero-order chi connectivity index (χ0) is 71.1. The molecule has 1 aliphatic rings. The fourth-order valence-corrected chi connectivity index (χ4v) is 8.08. The number of nitrogens with one attached hydrogen (secondary N) is 3. The number of anilines is 1. The summed E-state index contributed by atoms with van der Waals surface area (Å²) in [7, 11) is 10.4.